The minimum Gasteiger partial charge on any atom is -0.497 e. The fraction of sp³-hybridized carbons (Fsp3) is 0.345. The van der Waals surface area contributed by atoms with Gasteiger partial charge >= 0.3 is 0 Å². The van der Waals surface area contributed by atoms with Crippen LogP contribution in [0.5, 0.6) is 17.2 Å². The summed E-state index contributed by atoms with van der Waals surface area (Å²) in [7, 11) is 4.99. The van der Waals surface area contributed by atoms with Gasteiger partial charge in [0.1, 0.15) is 17.2 Å². The molecule has 3 aromatic carbocycles. The van der Waals surface area contributed by atoms with Crippen molar-refractivity contribution < 1.29 is 19.0 Å². The highest BCUT2D eigenvalue weighted by Gasteiger charge is 2.30. The number of amides is 1. The molecule has 1 aliphatic heterocycles. The number of likely N-dealkylation sites (tertiary alicyclic amines) is 1. The topological polar surface area (TPSA) is 51.2 Å². The van der Waals surface area contributed by atoms with Crippen molar-refractivity contribution in [2.24, 2.45) is 0 Å². The maximum absolute atomic E-state index is 13.7. The van der Waals surface area contributed by atoms with Crippen LogP contribution in [0.25, 0.3) is 0 Å². The average Bonchev–Trinajstić information content (AvgIpc) is 2.90. The van der Waals surface area contributed by atoms with Crippen molar-refractivity contribution in [3.63, 3.8) is 0 Å². The van der Waals surface area contributed by atoms with Crippen LogP contribution in [-0.2, 0) is 6.54 Å². The molecule has 0 aromatic heterocycles. The van der Waals surface area contributed by atoms with E-state index in [1.807, 2.05) is 66.4 Å². The Labute approximate surface area is 208 Å². The van der Waals surface area contributed by atoms with E-state index in [-0.39, 0.29) is 11.9 Å². The Bertz CT molecular complexity index is 1120. The third-order valence-electron chi connectivity index (χ3n) is 6.59. The zero-order valence-corrected chi connectivity index (χ0v) is 21.0. The summed E-state index contributed by atoms with van der Waals surface area (Å²) in [6.07, 6.45) is 1.77. The third-order valence-corrected chi connectivity index (χ3v) is 6.59. The number of ether oxygens (including phenoxy) is 3. The lowest BCUT2D eigenvalue weighted by molar-refractivity contribution is 0.0958. The SMILES string of the molecule is COc1cc(CN2CCC(N(C(=O)c3ccc(C)cc3)c3cccc(OC)c3)CC2)cc(OC)c1. The van der Waals surface area contributed by atoms with Crippen LogP contribution in [-0.4, -0.2) is 51.3 Å². The first-order chi connectivity index (χ1) is 17.0. The number of hydrogen-bond acceptors (Lipinski definition) is 5. The molecule has 3 aromatic rings. The van der Waals surface area contributed by atoms with Crippen molar-refractivity contribution in [2.75, 3.05) is 39.3 Å². The lowest BCUT2D eigenvalue weighted by Gasteiger charge is -2.39. The maximum atomic E-state index is 13.7. The van der Waals surface area contributed by atoms with E-state index < -0.39 is 0 Å². The zero-order chi connectivity index (χ0) is 24.8. The highest BCUT2D eigenvalue weighted by molar-refractivity contribution is 6.06. The zero-order valence-electron chi connectivity index (χ0n) is 21.0. The van der Waals surface area contributed by atoms with E-state index in [0.717, 1.165) is 66.5 Å². The lowest BCUT2D eigenvalue weighted by Crippen LogP contribution is -2.47. The second-order valence-corrected chi connectivity index (χ2v) is 8.97. The first kappa shape index (κ1) is 24.6. The first-order valence-corrected chi connectivity index (χ1v) is 12.0. The summed E-state index contributed by atoms with van der Waals surface area (Å²) in [5.74, 6) is 2.35. The monoisotopic (exact) mass is 474 g/mol. The maximum Gasteiger partial charge on any atom is 0.258 e. The third kappa shape index (κ3) is 5.95. The van der Waals surface area contributed by atoms with Crippen LogP contribution in [0.1, 0.15) is 34.3 Å². The number of carbonyl (C=O) groups excluding carboxylic acids is 1. The van der Waals surface area contributed by atoms with Crippen molar-refractivity contribution in [1.29, 1.82) is 0 Å². The summed E-state index contributed by atoms with van der Waals surface area (Å²) in [5, 5.41) is 0. The summed E-state index contributed by atoms with van der Waals surface area (Å²) < 4.78 is 16.3. The second-order valence-electron chi connectivity index (χ2n) is 8.97. The fourth-order valence-electron chi connectivity index (χ4n) is 4.64. The normalized spacial score (nSPS) is 14.4. The summed E-state index contributed by atoms with van der Waals surface area (Å²) >= 11 is 0. The van der Waals surface area contributed by atoms with E-state index in [1.165, 1.54) is 0 Å². The molecule has 0 unspecified atom stereocenters. The summed E-state index contributed by atoms with van der Waals surface area (Å²) in [4.78, 5) is 18.1. The van der Waals surface area contributed by atoms with Crippen LogP contribution in [0.15, 0.2) is 66.7 Å². The molecule has 0 saturated carbocycles. The summed E-state index contributed by atoms with van der Waals surface area (Å²) in [6.45, 7) is 4.63. The van der Waals surface area contributed by atoms with E-state index in [0.29, 0.717) is 5.56 Å². The van der Waals surface area contributed by atoms with E-state index in [2.05, 4.69) is 17.0 Å². The molecule has 6 heteroatoms. The Hall–Kier alpha value is -3.51. The second kappa shape index (κ2) is 11.3. The predicted octanol–water partition coefficient (Wildman–Crippen LogP) is 5.33. The molecule has 1 saturated heterocycles. The highest BCUT2D eigenvalue weighted by atomic mass is 16.5. The quantitative estimate of drug-likeness (QED) is 0.442. The van der Waals surface area contributed by atoms with Gasteiger partial charge in [0, 0.05) is 49.1 Å². The van der Waals surface area contributed by atoms with Gasteiger partial charge in [-0.2, -0.15) is 0 Å². The number of benzene rings is 3. The molecule has 6 nitrogen and oxygen atoms in total. The van der Waals surface area contributed by atoms with Crippen molar-refractivity contribution >= 4 is 11.6 Å². The van der Waals surface area contributed by atoms with Crippen molar-refractivity contribution in [1.82, 2.24) is 4.90 Å². The van der Waals surface area contributed by atoms with Gasteiger partial charge in [-0.1, -0.05) is 23.8 Å². The Morgan fingerprint density at radius 2 is 1.49 bits per heavy atom. The van der Waals surface area contributed by atoms with Crippen LogP contribution >= 0.6 is 0 Å². The van der Waals surface area contributed by atoms with Gasteiger partial charge in [0.15, 0.2) is 0 Å². The van der Waals surface area contributed by atoms with Crippen LogP contribution < -0.4 is 19.1 Å². The molecule has 0 bridgehead atoms. The molecule has 1 fully saturated rings. The largest absolute Gasteiger partial charge is 0.497 e. The van der Waals surface area contributed by atoms with Gasteiger partial charge in [0.05, 0.1) is 21.3 Å². The molecule has 0 atom stereocenters. The van der Waals surface area contributed by atoms with Crippen molar-refractivity contribution in [2.45, 2.75) is 32.4 Å². The number of methoxy groups -OCH3 is 3. The first-order valence-electron chi connectivity index (χ1n) is 12.0. The number of hydrogen-bond donors (Lipinski definition) is 0. The summed E-state index contributed by atoms with van der Waals surface area (Å²) in [5.41, 5.74) is 3.85. The molecule has 1 amide bonds. The van der Waals surface area contributed by atoms with Gasteiger partial charge < -0.3 is 19.1 Å². The standard InChI is InChI=1S/C29H34N2O4/c1-21-8-10-23(11-9-21)29(32)31(25-6-5-7-26(18-25)33-2)24-12-14-30(15-13-24)20-22-16-27(34-3)19-28(17-22)35-4/h5-11,16-19,24H,12-15,20H2,1-4H3. The van der Waals surface area contributed by atoms with E-state index in [9.17, 15) is 4.79 Å². The van der Waals surface area contributed by atoms with Gasteiger partial charge in [-0.3, -0.25) is 9.69 Å². The molecule has 1 aliphatic rings. The lowest BCUT2D eigenvalue weighted by atomic mass is 9.99. The smallest absolute Gasteiger partial charge is 0.258 e. The Kier molecular flexibility index (Phi) is 7.93. The van der Waals surface area contributed by atoms with E-state index in [4.69, 9.17) is 14.2 Å². The molecular formula is C29H34N2O4. The molecule has 4 rings (SSSR count). The number of aryl methyl sites for hydroxylation is 1. The predicted molar refractivity (Wildman–Crippen MR) is 139 cm³/mol. The number of nitrogens with zero attached hydrogens (tertiary/aromatic N) is 2. The summed E-state index contributed by atoms with van der Waals surface area (Å²) in [6, 6.07) is 21.7. The van der Waals surface area contributed by atoms with Crippen molar-refractivity contribution in [3.05, 3.63) is 83.4 Å². The van der Waals surface area contributed by atoms with Gasteiger partial charge in [-0.15, -0.1) is 0 Å². The molecule has 0 spiro atoms. The molecular weight excluding hydrogens is 440 g/mol. The van der Waals surface area contributed by atoms with Gasteiger partial charge in [0.25, 0.3) is 5.91 Å². The van der Waals surface area contributed by atoms with Gasteiger partial charge in [0.2, 0.25) is 0 Å². The Morgan fingerprint density at radius 1 is 0.857 bits per heavy atom. The Balaban J connectivity index is 1.52. The molecule has 184 valence electrons. The highest BCUT2D eigenvalue weighted by Crippen LogP contribution is 2.30. The molecule has 1 heterocycles. The van der Waals surface area contributed by atoms with Crippen LogP contribution in [0.3, 0.4) is 0 Å². The van der Waals surface area contributed by atoms with Crippen molar-refractivity contribution in [3.8, 4) is 17.2 Å². The molecule has 35 heavy (non-hydrogen) atoms. The number of rotatable bonds is 8. The average molecular weight is 475 g/mol. The minimum absolute atomic E-state index is 0.0224. The molecule has 0 aliphatic carbocycles. The van der Waals surface area contributed by atoms with Crippen LogP contribution in [0, 0.1) is 6.92 Å². The fourth-order valence-corrected chi connectivity index (χ4v) is 4.64. The number of anilines is 1. The molecule has 0 radical (unpaired) electrons. The molecule has 0 N–H and O–H groups in total. The van der Waals surface area contributed by atoms with Crippen LogP contribution in [0.4, 0.5) is 5.69 Å². The van der Waals surface area contributed by atoms with Gasteiger partial charge in [-0.05, 0) is 61.7 Å². The number of carbonyl (C=O) groups is 1. The number of piperidine rings is 1. The minimum atomic E-state index is 0.0224. The van der Waals surface area contributed by atoms with E-state index >= 15 is 0 Å². The van der Waals surface area contributed by atoms with Crippen LogP contribution in [0.2, 0.25) is 0 Å². The Morgan fingerprint density at radius 3 is 2.09 bits per heavy atom. The van der Waals surface area contributed by atoms with Gasteiger partial charge in [-0.25, -0.2) is 0 Å². The van der Waals surface area contributed by atoms with E-state index in [1.54, 1.807) is 21.3 Å².